The molecule has 96 valence electrons. The minimum Gasteiger partial charge on any atom is -0.317 e. The van der Waals surface area contributed by atoms with Crippen molar-refractivity contribution in [1.29, 1.82) is 0 Å². The molecule has 1 rings (SSSR count). The van der Waals surface area contributed by atoms with Crippen LogP contribution >= 0.6 is 7.82 Å². The largest absolute Gasteiger partial charge is 0.474 e. The second kappa shape index (κ2) is 7.41. The first-order chi connectivity index (χ1) is 7.70. The Hall–Kier alpha value is 0.0700. The molecule has 0 aromatic heterocycles. The van der Waals surface area contributed by atoms with E-state index in [9.17, 15) is 4.57 Å². The van der Waals surface area contributed by atoms with E-state index in [1.54, 1.807) is 13.8 Å². The Balaban J connectivity index is 2.33. The van der Waals surface area contributed by atoms with Gasteiger partial charge in [-0.15, -0.1) is 0 Å². The lowest BCUT2D eigenvalue weighted by molar-refractivity contribution is 0.101. The van der Waals surface area contributed by atoms with Gasteiger partial charge in [-0.1, -0.05) is 0 Å². The molecule has 0 amide bonds. The lowest BCUT2D eigenvalue weighted by Crippen LogP contribution is -2.29. The predicted molar refractivity (Wildman–Crippen MR) is 62.4 cm³/mol. The number of hydrogen-bond acceptors (Lipinski definition) is 5. The highest BCUT2D eigenvalue weighted by Crippen LogP contribution is 2.49. The van der Waals surface area contributed by atoms with E-state index in [0.717, 1.165) is 25.9 Å². The van der Waals surface area contributed by atoms with Crippen LogP contribution in [0.25, 0.3) is 0 Å². The molecule has 6 heteroatoms. The van der Waals surface area contributed by atoms with E-state index in [2.05, 4.69) is 5.32 Å². The Morgan fingerprint density at radius 1 is 1.12 bits per heavy atom. The Morgan fingerprint density at radius 3 is 2.19 bits per heavy atom. The molecule has 0 saturated carbocycles. The van der Waals surface area contributed by atoms with E-state index < -0.39 is 7.82 Å². The zero-order valence-electron chi connectivity index (χ0n) is 10.1. The predicted octanol–water partition coefficient (Wildman–Crippen LogP) is 2.18. The van der Waals surface area contributed by atoms with Gasteiger partial charge in [0, 0.05) is 0 Å². The third kappa shape index (κ3) is 4.93. The highest BCUT2D eigenvalue weighted by molar-refractivity contribution is 7.48. The molecule has 1 N–H and O–H groups in total. The fourth-order valence-corrected chi connectivity index (χ4v) is 2.92. The van der Waals surface area contributed by atoms with E-state index in [0.29, 0.717) is 25.7 Å². The summed E-state index contributed by atoms with van der Waals surface area (Å²) in [5.74, 6) is 0.454. The van der Waals surface area contributed by atoms with E-state index >= 15 is 0 Å². The van der Waals surface area contributed by atoms with Crippen LogP contribution in [0.3, 0.4) is 0 Å². The quantitative estimate of drug-likeness (QED) is 0.703. The maximum atomic E-state index is 12.0. The van der Waals surface area contributed by atoms with Crippen LogP contribution in [0.4, 0.5) is 0 Å². The van der Waals surface area contributed by atoms with Crippen LogP contribution in [0.2, 0.25) is 0 Å². The third-order valence-corrected chi connectivity index (χ3v) is 4.12. The molecule has 1 saturated heterocycles. The number of hydrogen-bond donors (Lipinski definition) is 1. The van der Waals surface area contributed by atoms with Crippen molar-refractivity contribution in [2.24, 2.45) is 5.92 Å². The maximum Gasteiger partial charge on any atom is 0.474 e. The lowest BCUT2D eigenvalue weighted by atomic mass is 10.00. The Bertz CT molecular complexity index is 221. The smallest absolute Gasteiger partial charge is 0.317 e. The van der Waals surface area contributed by atoms with Crippen LogP contribution in [0.15, 0.2) is 0 Å². The summed E-state index contributed by atoms with van der Waals surface area (Å²) < 4.78 is 27.4. The summed E-state index contributed by atoms with van der Waals surface area (Å²) in [6, 6.07) is 0. The van der Waals surface area contributed by atoms with Gasteiger partial charge in [-0.25, -0.2) is 4.57 Å². The molecule has 16 heavy (non-hydrogen) atoms. The molecule has 0 unspecified atom stereocenters. The summed E-state index contributed by atoms with van der Waals surface area (Å²) in [7, 11) is -3.31. The summed E-state index contributed by atoms with van der Waals surface area (Å²) in [6.07, 6.45) is 2.11. The van der Waals surface area contributed by atoms with Gasteiger partial charge in [-0.2, -0.15) is 0 Å². The number of phosphoric ester groups is 1. The minimum absolute atomic E-state index is 0.337. The molecule has 0 spiro atoms. The fourth-order valence-electron chi connectivity index (χ4n) is 1.67. The molecule has 5 nitrogen and oxygen atoms in total. The van der Waals surface area contributed by atoms with E-state index in [4.69, 9.17) is 13.6 Å². The van der Waals surface area contributed by atoms with Gasteiger partial charge < -0.3 is 5.32 Å². The first-order valence-electron chi connectivity index (χ1n) is 5.94. The Labute approximate surface area is 97.5 Å². The molecule has 1 heterocycles. The normalized spacial score (nSPS) is 18.9. The number of phosphoric acid groups is 1. The van der Waals surface area contributed by atoms with Crippen molar-refractivity contribution in [2.75, 3.05) is 32.9 Å². The van der Waals surface area contributed by atoms with Gasteiger partial charge in [-0.3, -0.25) is 13.6 Å². The van der Waals surface area contributed by atoms with Crippen molar-refractivity contribution in [3.8, 4) is 0 Å². The summed E-state index contributed by atoms with van der Waals surface area (Å²) in [6.45, 7) is 6.69. The van der Waals surface area contributed by atoms with Crippen molar-refractivity contribution < 1.29 is 18.1 Å². The van der Waals surface area contributed by atoms with Crippen LogP contribution in [-0.2, 0) is 18.1 Å². The highest BCUT2D eigenvalue weighted by atomic mass is 31.2. The molecule has 0 aromatic rings. The Morgan fingerprint density at radius 2 is 1.69 bits per heavy atom. The molecule has 0 aromatic carbocycles. The molecule has 1 aliphatic heterocycles. The molecule has 0 radical (unpaired) electrons. The second-order valence-corrected chi connectivity index (χ2v) is 5.44. The van der Waals surface area contributed by atoms with E-state index in [1.165, 1.54) is 0 Å². The molecule has 1 fully saturated rings. The summed E-state index contributed by atoms with van der Waals surface area (Å²) in [5, 5.41) is 3.28. The minimum atomic E-state index is -3.31. The van der Waals surface area contributed by atoms with E-state index in [1.807, 2.05) is 0 Å². The topological polar surface area (TPSA) is 56.8 Å². The Kier molecular flexibility index (Phi) is 6.54. The molecule has 0 aliphatic carbocycles. The van der Waals surface area contributed by atoms with Crippen molar-refractivity contribution in [1.82, 2.24) is 5.32 Å². The summed E-state index contributed by atoms with van der Waals surface area (Å²) >= 11 is 0. The van der Waals surface area contributed by atoms with Crippen LogP contribution in [0.1, 0.15) is 26.7 Å². The van der Waals surface area contributed by atoms with Crippen molar-refractivity contribution in [3.05, 3.63) is 0 Å². The number of nitrogens with one attached hydrogen (secondary N) is 1. The monoisotopic (exact) mass is 251 g/mol. The lowest BCUT2D eigenvalue weighted by Gasteiger charge is -2.24. The van der Waals surface area contributed by atoms with Crippen LogP contribution in [0.5, 0.6) is 0 Å². The van der Waals surface area contributed by atoms with Crippen molar-refractivity contribution >= 4 is 7.82 Å². The van der Waals surface area contributed by atoms with Crippen molar-refractivity contribution in [2.45, 2.75) is 26.7 Å². The highest BCUT2D eigenvalue weighted by Gasteiger charge is 2.27. The molecular formula is C10H22NO4P. The number of rotatable bonds is 7. The van der Waals surface area contributed by atoms with Crippen LogP contribution in [-0.4, -0.2) is 32.9 Å². The van der Waals surface area contributed by atoms with Gasteiger partial charge in [0.15, 0.2) is 0 Å². The zero-order valence-corrected chi connectivity index (χ0v) is 11.0. The first kappa shape index (κ1) is 14.1. The summed E-state index contributed by atoms with van der Waals surface area (Å²) in [4.78, 5) is 0. The van der Waals surface area contributed by atoms with Crippen LogP contribution in [0, 0.1) is 5.92 Å². The number of piperidine rings is 1. The van der Waals surface area contributed by atoms with Crippen LogP contribution < -0.4 is 5.32 Å². The standard InChI is InChI=1S/C10H22NO4P/c1-3-13-16(12,14-4-2)15-9-10-5-7-11-8-6-10/h10-11H,3-9H2,1-2H3. The molecule has 1 aliphatic rings. The van der Waals surface area contributed by atoms with Gasteiger partial charge in [0.2, 0.25) is 0 Å². The van der Waals surface area contributed by atoms with Gasteiger partial charge in [0.1, 0.15) is 0 Å². The van der Waals surface area contributed by atoms with E-state index in [-0.39, 0.29) is 0 Å². The average Bonchev–Trinajstić information content (AvgIpc) is 2.29. The van der Waals surface area contributed by atoms with Gasteiger partial charge in [-0.05, 0) is 45.7 Å². The van der Waals surface area contributed by atoms with Gasteiger partial charge >= 0.3 is 7.82 Å². The van der Waals surface area contributed by atoms with Gasteiger partial charge in [0.05, 0.1) is 19.8 Å². The molecule has 0 atom stereocenters. The fraction of sp³-hybridized carbons (Fsp3) is 1.00. The van der Waals surface area contributed by atoms with Crippen molar-refractivity contribution in [3.63, 3.8) is 0 Å². The summed E-state index contributed by atoms with van der Waals surface area (Å²) in [5.41, 5.74) is 0. The third-order valence-electron chi connectivity index (χ3n) is 2.50. The maximum absolute atomic E-state index is 12.0. The zero-order chi connectivity index (χ0) is 11.9. The average molecular weight is 251 g/mol. The van der Waals surface area contributed by atoms with Gasteiger partial charge in [0.25, 0.3) is 0 Å². The SMILES string of the molecule is CCOP(=O)(OCC)OCC1CCNCC1. The first-order valence-corrected chi connectivity index (χ1v) is 7.40. The molecule has 0 bridgehead atoms. The molecular weight excluding hydrogens is 229 g/mol. The second-order valence-electron chi connectivity index (χ2n) is 3.77.